The molecule has 1 amide bonds. The molecule has 1 fully saturated rings. The molecule has 25 heavy (non-hydrogen) atoms. The van der Waals surface area contributed by atoms with E-state index in [1.54, 1.807) is 18.2 Å². The van der Waals surface area contributed by atoms with Crippen molar-refractivity contribution in [2.24, 2.45) is 0 Å². The summed E-state index contributed by atoms with van der Waals surface area (Å²) in [4.78, 5) is 15.2. The van der Waals surface area contributed by atoms with Gasteiger partial charge in [0, 0.05) is 6.04 Å². The van der Waals surface area contributed by atoms with Gasteiger partial charge in [0.25, 0.3) is 5.91 Å². The molecule has 1 aliphatic rings. The summed E-state index contributed by atoms with van der Waals surface area (Å²) in [6.07, 6.45) is 3.42. The Hall–Kier alpha value is -1.55. The summed E-state index contributed by atoms with van der Waals surface area (Å²) in [5.41, 5.74) is 1.52. The highest BCUT2D eigenvalue weighted by atomic mass is 35.5. The first-order valence-electron chi connectivity index (χ1n) is 8.58. The standard InChI is InChI=1S/C20H22Cl2N2O/c1-24-13-6-5-12-17(24)19(14-8-3-2-4-9-14)23-20(25)15-10-7-11-16(21)18(15)22/h2-4,7-11,17,19H,5-6,12-13H2,1H3,(H,23,25)/t17-,19-/m0/s1. The van der Waals surface area contributed by atoms with Crippen LogP contribution >= 0.6 is 23.2 Å². The molecule has 0 spiro atoms. The van der Waals surface area contributed by atoms with Crippen molar-refractivity contribution in [1.29, 1.82) is 0 Å². The number of amides is 1. The number of likely N-dealkylation sites (tertiary alicyclic amines) is 1. The molecule has 1 heterocycles. The first-order chi connectivity index (χ1) is 12.1. The second kappa shape index (κ2) is 8.22. The third kappa shape index (κ3) is 4.17. The average molecular weight is 377 g/mol. The average Bonchev–Trinajstić information content (AvgIpc) is 2.63. The van der Waals surface area contributed by atoms with Crippen LogP contribution in [0.15, 0.2) is 48.5 Å². The molecule has 1 aliphatic heterocycles. The van der Waals surface area contributed by atoms with E-state index in [0.29, 0.717) is 15.6 Å². The van der Waals surface area contributed by atoms with Crippen molar-refractivity contribution in [2.45, 2.75) is 31.3 Å². The predicted molar refractivity (Wildman–Crippen MR) is 103 cm³/mol. The topological polar surface area (TPSA) is 32.3 Å². The fourth-order valence-corrected chi connectivity index (χ4v) is 3.87. The largest absolute Gasteiger partial charge is 0.344 e. The Morgan fingerprint density at radius 2 is 1.88 bits per heavy atom. The summed E-state index contributed by atoms with van der Waals surface area (Å²) in [6.45, 7) is 1.04. The number of hydrogen-bond acceptors (Lipinski definition) is 2. The summed E-state index contributed by atoms with van der Waals surface area (Å²) in [7, 11) is 2.12. The van der Waals surface area contributed by atoms with Crippen molar-refractivity contribution in [1.82, 2.24) is 10.2 Å². The molecule has 132 valence electrons. The van der Waals surface area contributed by atoms with Crippen molar-refractivity contribution in [3.8, 4) is 0 Å². The Labute approximate surface area is 158 Å². The second-order valence-electron chi connectivity index (χ2n) is 6.51. The summed E-state index contributed by atoms with van der Waals surface area (Å²) < 4.78 is 0. The maximum absolute atomic E-state index is 12.9. The second-order valence-corrected chi connectivity index (χ2v) is 7.29. The molecule has 2 atom stereocenters. The van der Waals surface area contributed by atoms with Gasteiger partial charge >= 0.3 is 0 Å². The zero-order chi connectivity index (χ0) is 17.8. The predicted octanol–water partition coefficient (Wildman–Crippen LogP) is 4.95. The van der Waals surface area contributed by atoms with Gasteiger partial charge in [-0.3, -0.25) is 4.79 Å². The molecule has 5 heteroatoms. The van der Waals surface area contributed by atoms with Crippen LogP contribution in [0.25, 0.3) is 0 Å². The number of piperidine rings is 1. The molecule has 0 aromatic heterocycles. The van der Waals surface area contributed by atoms with E-state index in [9.17, 15) is 4.79 Å². The number of halogens is 2. The lowest BCUT2D eigenvalue weighted by molar-refractivity contribution is 0.0871. The van der Waals surface area contributed by atoms with E-state index in [4.69, 9.17) is 23.2 Å². The molecule has 1 saturated heterocycles. The van der Waals surface area contributed by atoms with Crippen molar-refractivity contribution < 1.29 is 4.79 Å². The van der Waals surface area contributed by atoms with E-state index in [0.717, 1.165) is 18.5 Å². The summed E-state index contributed by atoms with van der Waals surface area (Å²) in [6, 6.07) is 15.4. The van der Waals surface area contributed by atoms with Gasteiger partial charge in [0.2, 0.25) is 0 Å². The fourth-order valence-electron chi connectivity index (χ4n) is 3.48. The maximum Gasteiger partial charge on any atom is 0.253 e. The zero-order valence-corrected chi connectivity index (χ0v) is 15.7. The van der Waals surface area contributed by atoms with Crippen LogP contribution < -0.4 is 5.32 Å². The minimum atomic E-state index is -0.194. The Bertz CT molecular complexity index is 736. The van der Waals surface area contributed by atoms with Crippen molar-refractivity contribution in [3.63, 3.8) is 0 Å². The van der Waals surface area contributed by atoms with Crippen LogP contribution in [0.3, 0.4) is 0 Å². The summed E-state index contributed by atoms with van der Waals surface area (Å²) >= 11 is 12.3. The van der Waals surface area contributed by atoms with Gasteiger partial charge in [-0.2, -0.15) is 0 Å². The van der Waals surface area contributed by atoms with E-state index in [2.05, 4.69) is 29.4 Å². The molecule has 3 nitrogen and oxygen atoms in total. The number of nitrogens with zero attached hydrogens (tertiary/aromatic N) is 1. The Morgan fingerprint density at radius 1 is 1.12 bits per heavy atom. The monoisotopic (exact) mass is 376 g/mol. The molecule has 3 rings (SSSR count). The molecule has 2 aromatic carbocycles. The van der Waals surface area contributed by atoms with E-state index in [-0.39, 0.29) is 18.0 Å². The van der Waals surface area contributed by atoms with Crippen LogP contribution in [0, 0.1) is 0 Å². The summed E-state index contributed by atoms with van der Waals surface area (Å²) in [5.74, 6) is -0.194. The Morgan fingerprint density at radius 3 is 2.60 bits per heavy atom. The molecule has 0 aliphatic carbocycles. The normalized spacial score (nSPS) is 19.4. The van der Waals surface area contributed by atoms with Crippen LogP contribution in [0.2, 0.25) is 10.0 Å². The van der Waals surface area contributed by atoms with E-state index >= 15 is 0 Å². The van der Waals surface area contributed by atoms with Crippen LogP contribution in [-0.4, -0.2) is 30.4 Å². The molecule has 0 unspecified atom stereocenters. The molecule has 0 saturated carbocycles. The molecule has 0 radical (unpaired) electrons. The van der Waals surface area contributed by atoms with E-state index in [1.165, 1.54) is 12.8 Å². The zero-order valence-electron chi connectivity index (χ0n) is 14.2. The lowest BCUT2D eigenvalue weighted by atomic mass is 9.91. The van der Waals surface area contributed by atoms with Gasteiger partial charge in [-0.1, -0.05) is 66.0 Å². The third-order valence-corrected chi connectivity index (χ3v) is 5.67. The maximum atomic E-state index is 12.9. The van der Waals surface area contributed by atoms with Gasteiger partial charge < -0.3 is 10.2 Å². The van der Waals surface area contributed by atoms with Gasteiger partial charge in [-0.15, -0.1) is 0 Å². The van der Waals surface area contributed by atoms with E-state index in [1.807, 2.05) is 18.2 Å². The number of hydrogen-bond donors (Lipinski definition) is 1. The van der Waals surface area contributed by atoms with Gasteiger partial charge in [0.15, 0.2) is 0 Å². The number of nitrogens with one attached hydrogen (secondary N) is 1. The lowest BCUT2D eigenvalue weighted by Crippen LogP contribution is -2.47. The number of likely N-dealkylation sites (N-methyl/N-ethyl adjacent to an activating group) is 1. The first kappa shape index (κ1) is 18.2. The van der Waals surface area contributed by atoms with Gasteiger partial charge in [-0.05, 0) is 44.1 Å². The molecule has 2 aromatic rings. The smallest absolute Gasteiger partial charge is 0.253 e. The van der Waals surface area contributed by atoms with Gasteiger partial charge in [0.1, 0.15) is 0 Å². The molecule has 0 bridgehead atoms. The Balaban J connectivity index is 1.89. The summed E-state index contributed by atoms with van der Waals surface area (Å²) in [5, 5.41) is 3.88. The number of carbonyl (C=O) groups excluding carboxylic acids is 1. The van der Waals surface area contributed by atoms with Crippen LogP contribution in [0.4, 0.5) is 0 Å². The minimum absolute atomic E-state index is 0.0888. The fraction of sp³-hybridized carbons (Fsp3) is 0.350. The van der Waals surface area contributed by atoms with Crippen molar-refractivity contribution in [3.05, 3.63) is 69.7 Å². The van der Waals surface area contributed by atoms with Crippen LogP contribution in [-0.2, 0) is 0 Å². The quantitative estimate of drug-likeness (QED) is 0.818. The van der Waals surface area contributed by atoms with E-state index < -0.39 is 0 Å². The SMILES string of the molecule is CN1CCCC[C@H]1[C@@H](NC(=O)c1cccc(Cl)c1Cl)c1ccccc1. The van der Waals surface area contributed by atoms with Crippen LogP contribution in [0.5, 0.6) is 0 Å². The number of carbonyl (C=O) groups is 1. The highest BCUT2D eigenvalue weighted by molar-refractivity contribution is 6.43. The first-order valence-corrected chi connectivity index (χ1v) is 9.33. The van der Waals surface area contributed by atoms with Gasteiger partial charge in [0.05, 0.1) is 21.7 Å². The molecule has 1 N–H and O–H groups in total. The van der Waals surface area contributed by atoms with Crippen molar-refractivity contribution >= 4 is 29.1 Å². The third-order valence-electron chi connectivity index (χ3n) is 4.85. The van der Waals surface area contributed by atoms with Crippen LogP contribution in [0.1, 0.15) is 41.2 Å². The van der Waals surface area contributed by atoms with Crippen molar-refractivity contribution in [2.75, 3.05) is 13.6 Å². The molecular formula is C20H22Cl2N2O. The molecular weight excluding hydrogens is 355 g/mol. The highest BCUT2D eigenvalue weighted by Gasteiger charge is 2.30. The Kier molecular flexibility index (Phi) is 6.00. The number of benzene rings is 2. The lowest BCUT2D eigenvalue weighted by Gasteiger charge is -2.38. The minimum Gasteiger partial charge on any atom is -0.344 e. The van der Waals surface area contributed by atoms with Gasteiger partial charge in [-0.25, -0.2) is 0 Å². The highest BCUT2D eigenvalue weighted by Crippen LogP contribution is 2.30. The number of rotatable bonds is 4.